The standard InChI is InChI=1S/C13H21N3O/c1-13(17)4-2-7-16(8-5-13)10-12-9-11(14)3-6-15-12/h3,6,9,17H,2,4-5,7-8,10H2,1H3,(H2,14,15). The highest BCUT2D eigenvalue weighted by Gasteiger charge is 2.24. The Bertz CT molecular complexity index is 379. The Balaban J connectivity index is 1.95. The lowest BCUT2D eigenvalue weighted by molar-refractivity contribution is 0.0444. The van der Waals surface area contributed by atoms with E-state index in [1.54, 1.807) is 12.3 Å². The van der Waals surface area contributed by atoms with Crippen LogP contribution in [0.1, 0.15) is 31.9 Å². The molecule has 4 nitrogen and oxygen atoms in total. The zero-order chi connectivity index (χ0) is 12.3. The van der Waals surface area contributed by atoms with E-state index in [0.29, 0.717) is 0 Å². The fourth-order valence-electron chi connectivity index (χ4n) is 2.29. The zero-order valence-corrected chi connectivity index (χ0v) is 10.4. The third kappa shape index (κ3) is 3.68. The van der Waals surface area contributed by atoms with Crippen molar-refractivity contribution in [1.29, 1.82) is 0 Å². The van der Waals surface area contributed by atoms with Crippen LogP contribution >= 0.6 is 0 Å². The largest absolute Gasteiger partial charge is 0.399 e. The fourth-order valence-corrected chi connectivity index (χ4v) is 2.29. The molecule has 1 unspecified atom stereocenters. The van der Waals surface area contributed by atoms with Gasteiger partial charge in [-0.05, 0) is 44.9 Å². The molecule has 1 aromatic rings. The van der Waals surface area contributed by atoms with Crippen molar-refractivity contribution in [3.05, 3.63) is 24.0 Å². The first-order chi connectivity index (χ1) is 8.05. The lowest BCUT2D eigenvalue weighted by Gasteiger charge is -2.22. The average molecular weight is 235 g/mol. The van der Waals surface area contributed by atoms with Crippen LogP contribution in [0, 0.1) is 0 Å². The van der Waals surface area contributed by atoms with Crippen LogP contribution in [-0.4, -0.2) is 33.7 Å². The molecule has 0 saturated carbocycles. The van der Waals surface area contributed by atoms with E-state index in [4.69, 9.17) is 5.73 Å². The van der Waals surface area contributed by atoms with Crippen LogP contribution in [0.25, 0.3) is 0 Å². The third-order valence-corrected chi connectivity index (χ3v) is 3.38. The minimum atomic E-state index is -0.502. The lowest BCUT2D eigenvalue weighted by Crippen LogP contribution is -2.28. The quantitative estimate of drug-likeness (QED) is 0.813. The van der Waals surface area contributed by atoms with Crippen molar-refractivity contribution in [2.24, 2.45) is 0 Å². The first-order valence-electron chi connectivity index (χ1n) is 6.20. The van der Waals surface area contributed by atoms with Crippen LogP contribution in [0.3, 0.4) is 0 Å². The van der Waals surface area contributed by atoms with Crippen LogP contribution < -0.4 is 5.73 Å². The summed E-state index contributed by atoms with van der Waals surface area (Å²) in [5.74, 6) is 0. The Morgan fingerprint density at radius 3 is 3.06 bits per heavy atom. The molecule has 0 radical (unpaired) electrons. The molecule has 0 bridgehead atoms. The molecule has 0 spiro atoms. The van der Waals surface area contributed by atoms with Gasteiger partial charge in [-0.1, -0.05) is 0 Å². The number of aromatic nitrogens is 1. The van der Waals surface area contributed by atoms with Gasteiger partial charge in [-0.3, -0.25) is 9.88 Å². The summed E-state index contributed by atoms with van der Waals surface area (Å²) in [7, 11) is 0. The van der Waals surface area contributed by atoms with Gasteiger partial charge < -0.3 is 10.8 Å². The lowest BCUT2D eigenvalue weighted by atomic mass is 9.98. The normalized spacial score (nSPS) is 26.7. The number of rotatable bonds is 2. The highest BCUT2D eigenvalue weighted by molar-refractivity contribution is 5.37. The van der Waals surface area contributed by atoms with Crippen molar-refractivity contribution in [3.8, 4) is 0 Å². The number of anilines is 1. The molecule has 1 aromatic heterocycles. The van der Waals surface area contributed by atoms with Crippen LogP contribution in [0.5, 0.6) is 0 Å². The Kier molecular flexibility index (Phi) is 3.64. The van der Waals surface area contributed by atoms with Crippen LogP contribution in [0.15, 0.2) is 18.3 Å². The van der Waals surface area contributed by atoms with E-state index >= 15 is 0 Å². The Morgan fingerprint density at radius 2 is 2.29 bits per heavy atom. The molecule has 4 heteroatoms. The minimum absolute atomic E-state index is 0.502. The second-order valence-electron chi connectivity index (χ2n) is 5.21. The second-order valence-corrected chi connectivity index (χ2v) is 5.21. The molecule has 0 aromatic carbocycles. The summed E-state index contributed by atoms with van der Waals surface area (Å²) in [5.41, 5.74) is 7.00. The second kappa shape index (κ2) is 5.02. The molecule has 1 fully saturated rings. The van der Waals surface area contributed by atoms with Gasteiger partial charge in [0.05, 0.1) is 11.3 Å². The molecule has 3 N–H and O–H groups in total. The van der Waals surface area contributed by atoms with Crippen molar-refractivity contribution in [3.63, 3.8) is 0 Å². The highest BCUT2D eigenvalue weighted by Crippen LogP contribution is 2.22. The smallest absolute Gasteiger partial charge is 0.0632 e. The number of hydrogen-bond acceptors (Lipinski definition) is 4. The molecule has 0 amide bonds. The maximum absolute atomic E-state index is 10.0. The molecule has 2 rings (SSSR count). The van der Waals surface area contributed by atoms with Crippen molar-refractivity contribution in [2.45, 2.75) is 38.3 Å². The SMILES string of the molecule is CC1(O)CCCN(Cc2cc(N)ccn2)CC1. The van der Waals surface area contributed by atoms with Crippen molar-refractivity contribution >= 4 is 5.69 Å². The Morgan fingerprint density at radius 1 is 1.47 bits per heavy atom. The van der Waals surface area contributed by atoms with Crippen molar-refractivity contribution in [2.75, 3.05) is 18.8 Å². The van der Waals surface area contributed by atoms with E-state index in [1.807, 2.05) is 13.0 Å². The number of nitrogen functional groups attached to an aromatic ring is 1. The molecule has 1 aliphatic rings. The summed E-state index contributed by atoms with van der Waals surface area (Å²) in [6.07, 6.45) is 4.50. The number of likely N-dealkylation sites (tertiary alicyclic amines) is 1. The summed E-state index contributed by atoms with van der Waals surface area (Å²) in [6, 6.07) is 3.72. The van der Waals surface area contributed by atoms with Gasteiger partial charge in [0.2, 0.25) is 0 Å². The molecule has 2 heterocycles. The van der Waals surface area contributed by atoms with Crippen molar-refractivity contribution < 1.29 is 5.11 Å². The van der Waals surface area contributed by atoms with Gasteiger partial charge in [0.15, 0.2) is 0 Å². The summed E-state index contributed by atoms with van der Waals surface area (Å²) in [6.45, 7) is 4.69. The van der Waals surface area contributed by atoms with Gasteiger partial charge in [0.1, 0.15) is 0 Å². The molecule has 1 aliphatic heterocycles. The molecule has 1 atom stereocenters. The number of pyridine rings is 1. The number of nitrogens with zero attached hydrogens (tertiary/aromatic N) is 2. The van der Waals surface area contributed by atoms with Gasteiger partial charge >= 0.3 is 0 Å². The van der Waals surface area contributed by atoms with E-state index in [1.165, 1.54) is 0 Å². The predicted octanol–water partition coefficient (Wildman–Crippen LogP) is 1.40. The van der Waals surface area contributed by atoms with E-state index in [9.17, 15) is 5.11 Å². The topological polar surface area (TPSA) is 62.4 Å². The van der Waals surface area contributed by atoms with E-state index in [-0.39, 0.29) is 0 Å². The molecule has 1 saturated heterocycles. The van der Waals surface area contributed by atoms with Gasteiger partial charge in [-0.2, -0.15) is 0 Å². The first kappa shape index (κ1) is 12.3. The third-order valence-electron chi connectivity index (χ3n) is 3.38. The summed E-state index contributed by atoms with van der Waals surface area (Å²) in [5, 5.41) is 10.0. The Labute approximate surface area is 102 Å². The molecule has 17 heavy (non-hydrogen) atoms. The van der Waals surface area contributed by atoms with Gasteiger partial charge in [-0.25, -0.2) is 0 Å². The van der Waals surface area contributed by atoms with Gasteiger partial charge in [-0.15, -0.1) is 0 Å². The average Bonchev–Trinajstić information content (AvgIpc) is 2.41. The number of aliphatic hydroxyl groups is 1. The number of hydrogen-bond donors (Lipinski definition) is 2. The van der Waals surface area contributed by atoms with E-state index in [2.05, 4.69) is 9.88 Å². The maximum Gasteiger partial charge on any atom is 0.0632 e. The maximum atomic E-state index is 10.0. The van der Waals surface area contributed by atoms with Gasteiger partial charge in [0, 0.05) is 25.0 Å². The molecular weight excluding hydrogens is 214 g/mol. The fraction of sp³-hybridized carbons (Fsp3) is 0.615. The van der Waals surface area contributed by atoms with Crippen LogP contribution in [0.4, 0.5) is 5.69 Å². The molecule has 0 aliphatic carbocycles. The van der Waals surface area contributed by atoms with E-state index in [0.717, 1.165) is 50.3 Å². The highest BCUT2D eigenvalue weighted by atomic mass is 16.3. The minimum Gasteiger partial charge on any atom is -0.399 e. The number of nitrogens with two attached hydrogens (primary N) is 1. The summed E-state index contributed by atoms with van der Waals surface area (Å²) < 4.78 is 0. The van der Waals surface area contributed by atoms with Crippen LogP contribution in [-0.2, 0) is 6.54 Å². The molecule has 94 valence electrons. The zero-order valence-electron chi connectivity index (χ0n) is 10.4. The Hall–Kier alpha value is -1.13. The van der Waals surface area contributed by atoms with Gasteiger partial charge in [0.25, 0.3) is 0 Å². The van der Waals surface area contributed by atoms with Crippen molar-refractivity contribution in [1.82, 2.24) is 9.88 Å². The van der Waals surface area contributed by atoms with E-state index < -0.39 is 5.60 Å². The monoisotopic (exact) mass is 235 g/mol. The predicted molar refractivity (Wildman–Crippen MR) is 68.4 cm³/mol. The van der Waals surface area contributed by atoms with Crippen LogP contribution in [0.2, 0.25) is 0 Å². The molecular formula is C13H21N3O. The first-order valence-corrected chi connectivity index (χ1v) is 6.20. The summed E-state index contributed by atoms with van der Waals surface area (Å²) >= 11 is 0. The summed E-state index contributed by atoms with van der Waals surface area (Å²) in [4.78, 5) is 6.65.